The minimum Gasteiger partial charge on any atom is -0.378 e. The lowest BCUT2D eigenvalue weighted by molar-refractivity contribution is 0.143. The van der Waals surface area contributed by atoms with E-state index in [4.69, 9.17) is 0 Å². The second kappa shape index (κ2) is 6.11. The fourth-order valence-corrected chi connectivity index (χ4v) is 3.03. The van der Waals surface area contributed by atoms with E-state index in [0.29, 0.717) is 5.82 Å². The molecule has 0 saturated carbocycles. The number of H-pyrrole nitrogens is 2. The van der Waals surface area contributed by atoms with Crippen molar-refractivity contribution in [2.24, 2.45) is 0 Å². The molecular formula is C16H17N5O2S. The fourth-order valence-electron chi connectivity index (χ4n) is 2.17. The van der Waals surface area contributed by atoms with Gasteiger partial charge in [0.1, 0.15) is 5.60 Å². The molecule has 8 heteroatoms. The summed E-state index contributed by atoms with van der Waals surface area (Å²) in [6, 6.07) is 3.67. The predicted molar refractivity (Wildman–Crippen MR) is 91.7 cm³/mol. The molecule has 3 rings (SSSR count). The van der Waals surface area contributed by atoms with Crippen molar-refractivity contribution in [3.63, 3.8) is 0 Å². The maximum atomic E-state index is 11.2. The summed E-state index contributed by atoms with van der Waals surface area (Å²) in [5, 5.41) is 16.0. The van der Waals surface area contributed by atoms with Crippen molar-refractivity contribution in [3.8, 4) is 22.5 Å². The highest BCUT2D eigenvalue weighted by molar-refractivity contribution is 7.15. The molecule has 0 aromatic carbocycles. The highest BCUT2D eigenvalue weighted by Crippen LogP contribution is 2.29. The van der Waals surface area contributed by atoms with Crippen LogP contribution < -0.4 is 5.69 Å². The number of hydrogen-bond acceptors (Lipinski definition) is 5. The van der Waals surface area contributed by atoms with Crippen molar-refractivity contribution < 1.29 is 5.11 Å². The molecule has 3 N–H and O–H groups in total. The van der Waals surface area contributed by atoms with Gasteiger partial charge in [-0.05, 0) is 32.9 Å². The molecule has 0 spiro atoms. The smallest absolute Gasteiger partial charge is 0.340 e. The number of imidazole rings is 1. The number of rotatable bonds is 3. The van der Waals surface area contributed by atoms with E-state index in [0.717, 1.165) is 15.6 Å². The number of thiophene rings is 1. The summed E-state index contributed by atoms with van der Waals surface area (Å²) in [5.74, 6) is 7.08. The lowest BCUT2D eigenvalue weighted by Gasteiger charge is -2.12. The zero-order valence-corrected chi connectivity index (χ0v) is 14.3. The Morgan fingerprint density at radius 1 is 1.42 bits per heavy atom. The monoisotopic (exact) mass is 343 g/mol. The lowest BCUT2D eigenvalue weighted by atomic mass is 10.1. The Labute approximate surface area is 142 Å². The van der Waals surface area contributed by atoms with Gasteiger partial charge in [-0.25, -0.2) is 14.9 Å². The molecule has 0 unspecified atom stereocenters. The first kappa shape index (κ1) is 16.2. The zero-order chi connectivity index (χ0) is 17.3. The largest absolute Gasteiger partial charge is 0.378 e. The molecular weight excluding hydrogens is 326 g/mol. The first-order chi connectivity index (χ1) is 11.3. The van der Waals surface area contributed by atoms with Crippen LogP contribution in [0.3, 0.4) is 0 Å². The van der Waals surface area contributed by atoms with Crippen LogP contribution in [-0.4, -0.2) is 35.4 Å². The van der Waals surface area contributed by atoms with Gasteiger partial charge in [-0.1, -0.05) is 11.8 Å². The summed E-state index contributed by atoms with van der Waals surface area (Å²) in [5.41, 5.74) is -1.36. The van der Waals surface area contributed by atoms with Gasteiger partial charge >= 0.3 is 5.69 Å². The van der Waals surface area contributed by atoms with Gasteiger partial charge in [-0.3, -0.25) is 4.98 Å². The summed E-state index contributed by atoms with van der Waals surface area (Å²) in [4.78, 5) is 20.1. The number of hydrogen-bond donors (Lipinski definition) is 3. The van der Waals surface area contributed by atoms with E-state index in [1.54, 1.807) is 20.0 Å². The van der Waals surface area contributed by atoms with Crippen LogP contribution in [0.5, 0.6) is 0 Å². The highest BCUT2D eigenvalue weighted by atomic mass is 32.1. The van der Waals surface area contributed by atoms with Crippen LogP contribution in [0.1, 0.15) is 37.5 Å². The maximum Gasteiger partial charge on any atom is 0.340 e. The van der Waals surface area contributed by atoms with Gasteiger partial charge in [0.15, 0.2) is 11.6 Å². The van der Waals surface area contributed by atoms with Crippen molar-refractivity contribution in [2.75, 3.05) is 0 Å². The molecule has 0 aliphatic rings. The normalized spacial score (nSPS) is 12.7. The summed E-state index contributed by atoms with van der Waals surface area (Å²) >= 11 is 1.50. The Morgan fingerprint density at radius 3 is 2.88 bits per heavy atom. The molecule has 3 heterocycles. The molecule has 7 nitrogen and oxygen atoms in total. The van der Waals surface area contributed by atoms with E-state index in [2.05, 4.69) is 32.0 Å². The number of nitrogens with zero attached hydrogens (tertiary/aromatic N) is 3. The quantitative estimate of drug-likeness (QED) is 0.631. The highest BCUT2D eigenvalue weighted by Gasteiger charge is 2.17. The van der Waals surface area contributed by atoms with Crippen LogP contribution in [0.25, 0.3) is 10.7 Å². The summed E-state index contributed by atoms with van der Waals surface area (Å²) in [6.45, 7) is 5.22. The van der Waals surface area contributed by atoms with E-state index in [1.165, 1.54) is 11.3 Å². The van der Waals surface area contributed by atoms with Crippen LogP contribution in [0.4, 0.5) is 0 Å². The maximum absolute atomic E-state index is 11.2. The van der Waals surface area contributed by atoms with E-state index in [-0.39, 0.29) is 11.7 Å². The van der Waals surface area contributed by atoms with Crippen LogP contribution in [0, 0.1) is 11.8 Å². The molecule has 0 aliphatic heterocycles. The van der Waals surface area contributed by atoms with E-state index >= 15 is 0 Å². The third kappa shape index (κ3) is 3.48. The van der Waals surface area contributed by atoms with Gasteiger partial charge in [-0.2, -0.15) is 5.10 Å². The predicted octanol–water partition coefficient (Wildman–Crippen LogP) is 1.75. The Hall–Kier alpha value is -2.63. The Balaban J connectivity index is 1.92. The topological polar surface area (TPSA) is 99.6 Å². The molecule has 0 saturated heterocycles. The van der Waals surface area contributed by atoms with Crippen molar-refractivity contribution in [1.82, 2.24) is 24.7 Å². The zero-order valence-electron chi connectivity index (χ0n) is 13.5. The molecule has 3 aromatic rings. The van der Waals surface area contributed by atoms with Crippen LogP contribution in [0.15, 0.2) is 29.3 Å². The van der Waals surface area contributed by atoms with Crippen molar-refractivity contribution >= 4 is 11.3 Å². The molecule has 0 aliphatic carbocycles. The lowest BCUT2D eigenvalue weighted by Crippen LogP contribution is -2.14. The molecule has 0 amide bonds. The average Bonchev–Trinajstić information content (AvgIpc) is 3.23. The molecule has 124 valence electrons. The van der Waals surface area contributed by atoms with Gasteiger partial charge in [-0.15, -0.1) is 11.3 Å². The summed E-state index contributed by atoms with van der Waals surface area (Å²) < 4.78 is 1.94. The van der Waals surface area contributed by atoms with Crippen LogP contribution >= 0.6 is 11.3 Å². The van der Waals surface area contributed by atoms with Gasteiger partial charge in [0.25, 0.3) is 0 Å². The van der Waals surface area contributed by atoms with E-state index < -0.39 is 5.60 Å². The second-order valence-electron chi connectivity index (χ2n) is 5.87. The SMILES string of the molecule is C[C@@H](c1n[nH]c(=O)[nH]1)n1ccnc1-c1ccc(C#CC(C)(C)O)s1. The molecule has 24 heavy (non-hydrogen) atoms. The summed E-state index contributed by atoms with van der Waals surface area (Å²) in [7, 11) is 0. The molecule has 3 aromatic heterocycles. The van der Waals surface area contributed by atoms with Gasteiger partial charge < -0.3 is 9.67 Å². The molecule has 0 bridgehead atoms. The Morgan fingerprint density at radius 2 is 2.21 bits per heavy atom. The number of aromatic nitrogens is 5. The van der Waals surface area contributed by atoms with Crippen molar-refractivity contribution in [1.29, 1.82) is 0 Å². The second-order valence-corrected chi connectivity index (χ2v) is 6.95. The summed E-state index contributed by atoms with van der Waals surface area (Å²) in [6.07, 6.45) is 3.55. The van der Waals surface area contributed by atoms with Gasteiger partial charge in [0.05, 0.1) is 15.8 Å². The average molecular weight is 343 g/mol. The standard InChI is InChI=1S/C16H17N5O2S/c1-10(13-18-15(22)20-19-13)21-9-8-17-14(21)12-5-4-11(24-12)6-7-16(2,3)23/h4-5,8-10,23H,1-3H3,(H2,18,19,20,22)/t10-/m0/s1. The first-order valence-corrected chi connectivity index (χ1v) is 8.18. The van der Waals surface area contributed by atoms with Crippen molar-refractivity contribution in [3.05, 3.63) is 45.7 Å². The van der Waals surface area contributed by atoms with Gasteiger partial charge in [0.2, 0.25) is 0 Å². The fraction of sp³-hybridized carbons (Fsp3) is 0.312. The van der Waals surface area contributed by atoms with Crippen LogP contribution in [-0.2, 0) is 0 Å². The van der Waals surface area contributed by atoms with E-state index in [9.17, 15) is 9.90 Å². The van der Waals surface area contributed by atoms with Crippen LogP contribution in [0.2, 0.25) is 0 Å². The minimum absolute atomic E-state index is 0.172. The number of aliphatic hydroxyl groups is 1. The number of nitrogens with one attached hydrogen (secondary N) is 2. The van der Waals surface area contributed by atoms with Crippen molar-refractivity contribution in [2.45, 2.75) is 32.4 Å². The first-order valence-electron chi connectivity index (χ1n) is 7.37. The Bertz CT molecular complexity index is 961. The Kier molecular flexibility index (Phi) is 4.13. The third-order valence-electron chi connectivity index (χ3n) is 3.32. The molecule has 0 radical (unpaired) electrons. The third-order valence-corrected chi connectivity index (χ3v) is 4.32. The minimum atomic E-state index is -1.02. The molecule has 0 fully saturated rings. The van der Waals surface area contributed by atoms with E-state index in [1.807, 2.05) is 29.8 Å². The number of aromatic amines is 2. The van der Waals surface area contributed by atoms with Gasteiger partial charge in [0, 0.05) is 12.4 Å². The molecule has 1 atom stereocenters.